The maximum absolute atomic E-state index is 12.1. The van der Waals surface area contributed by atoms with Crippen LogP contribution < -0.4 is 0 Å². The molecule has 5 rings (SSSR count). The van der Waals surface area contributed by atoms with E-state index in [1.165, 1.54) is 79.2 Å². The second-order valence-corrected chi connectivity index (χ2v) is 14.9. The summed E-state index contributed by atoms with van der Waals surface area (Å²) in [7, 11) is 0. The molecule has 0 amide bonds. The van der Waals surface area contributed by atoms with Gasteiger partial charge in [0.05, 0.1) is 25.4 Å². The zero-order valence-corrected chi connectivity index (χ0v) is 31.2. The lowest BCUT2D eigenvalue weighted by molar-refractivity contribution is -0.144. The zero-order chi connectivity index (χ0) is 36.9. The second-order valence-electron chi connectivity index (χ2n) is 14.9. The minimum Gasteiger partial charge on any atom is -0.462 e. The number of carbonyl (C=O) groups is 2. The van der Waals surface area contributed by atoms with Crippen LogP contribution in [0.5, 0.6) is 0 Å². The van der Waals surface area contributed by atoms with Crippen molar-refractivity contribution in [1.29, 1.82) is 0 Å². The molecule has 0 aromatic heterocycles. The second kappa shape index (κ2) is 19.4. The van der Waals surface area contributed by atoms with Crippen molar-refractivity contribution in [1.82, 2.24) is 0 Å². The molecule has 5 nitrogen and oxygen atoms in total. The van der Waals surface area contributed by atoms with Crippen LogP contribution in [0.25, 0.3) is 21.9 Å². The SMILES string of the molecule is C=C(C)C(=O)OCC(COC(=O)C(=C)CO)Cc1ccc2cc(CCc3ccc(-c4ccc(C5CCC(CCCCC)CC5)cc4)cc3)ccc2c1. The summed E-state index contributed by atoms with van der Waals surface area (Å²) in [4.78, 5) is 24.1. The predicted molar refractivity (Wildman–Crippen MR) is 212 cm³/mol. The fourth-order valence-electron chi connectivity index (χ4n) is 7.37. The van der Waals surface area contributed by atoms with Gasteiger partial charge in [-0.15, -0.1) is 0 Å². The number of aliphatic hydroxyl groups excluding tert-OH is 1. The zero-order valence-electron chi connectivity index (χ0n) is 31.2. The monoisotopic (exact) mass is 700 g/mol. The smallest absolute Gasteiger partial charge is 0.335 e. The minimum absolute atomic E-state index is 0.0166. The summed E-state index contributed by atoms with van der Waals surface area (Å²) in [6.07, 6.45) is 13.4. The molecule has 4 aromatic carbocycles. The summed E-state index contributed by atoms with van der Waals surface area (Å²) >= 11 is 0. The van der Waals surface area contributed by atoms with Gasteiger partial charge in [-0.05, 0) is 108 Å². The number of hydrogen-bond acceptors (Lipinski definition) is 5. The molecule has 1 atom stereocenters. The highest BCUT2D eigenvalue weighted by Gasteiger charge is 2.22. The number of ether oxygens (including phenoxy) is 2. The van der Waals surface area contributed by atoms with Crippen LogP contribution in [0.1, 0.15) is 93.4 Å². The molecule has 274 valence electrons. The molecule has 4 aromatic rings. The third-order valence-electron chi connectivity index (χ3n) is 10.7. The highest BCUT2D eigenvalue weighted by molar-refractivity contribution is 5.88. The van der Waals surface area contributed by atoms with E-state index in [2.05, 4.69) is 105 Å². The molecule has 1 unspecified atom stereocenters. The molecule has 1 fully saturated rings. The third-order valence-corrected chi connectivity index (χ3v) is 10.7. The van der Waals surface area contributed by atoms with Gasteiger partial charge in [0, 0.05) is 11.5 Å². The van der Waals surface area contributed by atoms with Gasteiger partial charge in [-0.25, -0.2) is 9.59 Å². The maximum atomic E-state index is 12.1. The van der Waals surface area contributed by atoms with Crippen molar-refractivity contribution in [2.75, 3.05) is 19.8 Å². The normalized spacial score (nSPS) is 16.3. The number of benzene rings is 4. The van der Waals surface area contributed by atoms with E-state index >= 15 is 0 Å². The molecular formula is C47H56O5. The first kappa shape index (κ1) is 38.7. The lowest BCUT2D eigenvalue weighted by Crippen LogP contribution is -2.24. The van der Waals surface area contributed by atoms with E-state index < -0.39 is 18.5 Å². The van der Waals surface area contributed by atoms with Crippen molar-refractivity contribution >= 4 is 22.7 Å². The topological polar surface area (TPSA) is 72.8 Å². The van der Waals surface area contributed by atoms with Crippen molar-refractivity contribution in [2.24, 2.45) is 11.8 Å². The molecule has 52 heavy (non-hydrogen) atoms. The number of rotatable bonds is 18. The largest absolute Gasteiger partial charge is 0.462 e. The highest BCUT2D eigenvalue weighted by Crippen LogP contribution is 2.38. The van der Waals surface area contributed by atoms with Crippen LogP contribution in [0.2, 0.25) is 0 Å². The van der Waals surface area contributed by atoms with E-state index in [1.54, 1.807) is 6.92 Å². The molecule has 0 aliphatic heterocycles. The Balaban J connectivity index is 1.13. The van der Waals surface area contributed by atoms with Crippen molar-refractivity contribution in [2.45, 2.75) is 90.4 Å². The Kier molecular flexibility index (Phi) is 14.4. The van der Waals surface area contributed by atoms with E-state index in [0.29, 0.717) is 12.0 Å². The fourth-order valence-corrected chi connectivity index (χ4v) is 7.37. The van der Waals surface area contributed by atoms with Crippen LogP contribution in [0, 0.1) is 11.8 Å². The average Bonchev–Trinajstić information content (AvgIpc) is 3.18. The maximum Gasteiger partial charge on any atom is 0.335 e. The molecule has 1 saturated carbocycles. The molecule has 0 radical (unpaired) electrons. The Morgan fingerprint density at radius 1 is 0.731 bits per heavy atom. The van der Waals surface area contributed by atoms with Gasteiger partial charge in [0.2, 0.25) is 0 Å². The number of hydrogen-bond donors (Lipinski definition) is 1. The Morgan fingerprint density at radius 2 is 1.29 bits per heavy atom. The quantitative estimate of drug-likeness (QED) is 0.0635. The summed E-state index contributed by atoms with van der Waals surface area (Å²) in [5.74, 6) is 0.252. The first-order valence-corrected chi connectivity index (χ1v) is 19.2. The molecular weight excluding hydrogens is 645 g/mol. The number of esters is 2. The molecule has 1 aliphatic carbocycles. The molecule has 1 aliphatic rings. The first-order chi connectivity index (χ1) is 25.2. The fraction of sp³-hybridized carbons (Fsp3) is 0.404. The van der Waals surface area contributed by atoms with Gasteiger partial charge in [-0.3, -0.25) is 0 Å². The lowest BCUT2D eigenvalue weighted by Gasteiger charge is -2.29. The van der Waals surface area contributed by atoms with Crippen LogP contribution in [0.15, 0.2) is 109 Å². The van der Waals surface area contributed by atoms with E-state index in [-0.39, 0.29) is 24.7 Å². The van der Waals surface area contributed by atoms with E-state index in [1.807, 2.05) is 0 Å². The molecule has 0 bridgehead atoms. The summed E-state index contributed by atoms with van der Waals surface area (Å²) in [5.41, 5.74) is 8.01. The molecule has 0 saturated heterocycles. The first-order valence-electron chi connectivity index (χ1n) is 19.2. The lowest BCUT2D eigenvalue weighted by atomic mass is 9.77. The van der Waals surface area contributed by atoms with E-state index in [4.69, 9.17) is 9.47 Å². The van der Waals surface area contributed by atoms with Crippen molar-refractivity contribution in [3.63, 3.8) is 0 Å². The highest BCUT2D eigenvalue weighted by atomic mass is 16.5. The van der Waals surface area contributed by atoms with E-state index in [0.717, 1.165) is 41.0 Å². The molecule has 1 N–H and O–H groups in total. The minimum atomic E-state index is -0.661. The number of fused-ring (bicyclic) bond motifs is 1. The Labute approximate surface area is 310 Å². The number of unbranched alkanes of at least 4 members (excludes halogenated alkanes) is 2. The predicted octanol–water partition coefficient (Wildman–Crippen LogP) is 10.5. The Morgan fingerprint density at radius 3 is 1.90 bits per heavy atom. The number of carbonyl (C=O) groups excluding carboxylic acids is 2. The van der Waals surface area contributed by atoms with Gasteiger partial charge in [0.15, 0.2) is 0 Å². The van der Waals surface area contributed by atoms with Crippen LogP contribution in [-0.2, 0) is 38.3 Å². The summed E-state index contributed by atoms with van der Waals surface area (Å²) in [5, 5.41) is 11.5. The summed E-state index contributed by atoms with van der Waals surface area (Å²) in [6, 6.07) is 31.3. The van der Waals surface area contributed by atoms with Crippen LogP contribution in [0.3, 0.4) is 0 Å². The Bertz CT molecular complexity index is 1790. The average molecular weight is 701 g/mol. The standard InChI is InChI=1S/C47H56O5/c1-5-6-7-8-35-11-17-40(18-12-35)42-23-25-43(26-24-42)41-19-13-36(14-20-41)9-10-37-15-21-45-29-38(16-22-44(45)28-37)27-39(31-51-46(49)33(2)3)32-52-47(50)34(4)30-48/h13-16,19-26,28-29,35,39-40,48H,2,4-12,17-18,27,30-32H2,1,3H3. The Hall–Kier alpha value is -4.48. The molecule has 5 heteroatoms. The van der Waals surface area contributed by atoms with Crippen molar-refractivity contribution in [3.05, 3.63) is 131 Å². The van der Waals surface area contributed by atoms with Gasteiger partial charge in [0.25, 0.3) is 0 Å². The van der Waals surface area contributed by atoms with Gasteiger partial charge in [-0.2, -0.15) is 0 Å². The number of aryl methyl sites for hydroxylation is 2. The van der Waals surface area contributed by atoms with Crippen LogP contribution in [-0.4, -0.2) is 36.9 Å². The van der Waals surface area contributed by atoms with Gasteiger partial charge in [0.1, 0.15) is 0 Å². The van der Waals surface area contributed by atoms with Gasteiger partial charge >= 0.3 is 11.9 Å². The van der Waals surface area contributed by atoms with Crippen molar-refractivity contribution < 1.29 is 24.2 Å². The summed E-state index contributed by atoms with van der Waals surface area (Å²) in [6.45, 7) is 10.7. The van der Waals surface area contributed by atoms with E-state index in [9.17, 15) is 14.7 Å². The summed E-state index contributed by atoms with van der Waals surface area (Å²) < 4.78 is 10.7. The molecule has 0 spiro atoms. The molecule has 0 heterocycles. The third kappa shape index (κ3) is 11.3. The van der Waals surface area contributed by atoms with Gasteiger partial charge in [-0.1, -0.05) is 131 Å². The van der Waals surface area contributed by atoms with Crippen LogP contribution in [0.4, 0.5) is 0 Å². The van der Waals surface area contributed by atoms with Crippen molar-refractivity contribution in [3.8, 4) is 11.1 Å². The number of aliphatic hydroxyl groups is 1. The van der Waals surface area contributed by atoms with Gasteiger partial charge < -0.3 is 14.6 Å². The van der Waals surface area contributed by atoms with Crippen LogP contribution >= 0.6 is 0 Å².